The predicted molar refractivity (Wildman–Crippen MR) is 105 cm³/mol. The van der Waals surface area contributed by atoms with Gasteiger partial charge < -0.3 is 10.6 Å². The number of amides is 1. The van der Waals surface area contributed by atoms with Crippen LogP contribution in [0.5, 0.6) is 0 Å². The molecule has 25 heavy (non-hydrogen) atoms. The average Bonchev–Trinajstić information content (AvgIpc) is 2.89. The maximum Gasteiger partial charge on any atom is 0.253 e. The normalized spacial score (nSPS) is 20.0. The van der Waals surface area contributed by atoms with Crippen LogP contribution in [0, 0.1) is 6.92 Å². The molecule has 0 saturated carbocycles. The minimum Gasteiger partial charge on any atom is -0.349 e. The molecule has 2 aromatic rings. The minimum atomic E-state index is -0.0340. The minimum absolute atomic E-state index is 0. The van der Waals surface area contributed by atoms with Crippen molar-refractivity contribution in [3.8, 4) is 0 Å². The van der Waals surface area contributed by atoms with Crippen LogP contribution in [0.25, 0.3) is 11.0 Å². The summed E-state index contributed by atoms with van der Waals surface area (Å²) in [4.78, 5) is 17.2. The number of hydrogen-bond acceptors (Lipinski definition) is 4. The van der Waals surface area contributed by atoms with Crippen LogP contribution < -0.4 is 10.6 Å². The fourth-order valence-electron chi connectivity index (χ4n) is 3.20. The molecule has 1 aliphatic rings. The first-order valence-electron chi connectivity index (χ1n) is 8.35. The van der Waals surface area contributed by atoms with E-state index in [0.29, 0.717) is 11.6 Å². The zero-order valence-corrected chi connectivity index (χ0v) is 16.7. The van der Waals surface area contributed by atoms with Gasteiger partial charge in [-0.05, 0) is 53.1 Å². The van der Waals surface area contributed by atoms with Crippen LogP contribution >= 0.6 is 24.8 Å². The molecular formula is C17H27Cl2N5O. The van der Waals surface area contributed by atoms with Crippen molar-refractivity contribution < 1.29 is 4.79 Å². The van der Waals surface area contributed by atoms with Gasteiger partial charge in [0.25, 0.3) is 5.91 Å². The third-order valence-corrected chi connectivity index (χ3v) is 4.45. The standard InChI is InChI=1S/C17H25N5O.2ClH/c1-10(2)22-16-13(9-19-22)8-15(12(4)20-16)17(23)21-14-5-6-18-11(3)7-14;;/h8-11,14,18H,5-7H2,1-4H3,(H,21,23);2*1H. The van der Waals surface area contributed by atoms with Crippen LogP contribution in [0.2, 0.25) is 0 Å². The number of aryl methyl sites for hydroxylation is 1. The number of carbonyl (C=O) groups excluding carboxylic acids is 1. The van der Waals surface area contributed by atoms with Gasteiger partial charge in [-0.1, -0.05) is 0 Å². The summed E-state index contributed by atoms with van der Waals surface area (Å²) in [5, 5.41) is 11.8. The number of halogens is 2. The van der Waals surface area contributed by atoms with E-state index in [0.717, 1.165) is 36.1 Å². The summed E-state index contributed by atoms with van der Waals surface area (Å²) in [6.45, 7) is 9.13. The Morgan fingerprint density at radius 1 is 1.40 bits per heavy atom. The molecule has 3 heterocycles. The molecule has 140 valence electrons. The van der Waals surface area contributed by atoms with E-state index in [4.69, 9.17) is 0 Å². The van der Waals surface area contributed by atoms with Gasteiger partial charge in [0.15, 0.2) is 5.65 Å². The van der Waals surface area contributed by atoms with Gasteiger partial charge in [-0.15, -0.1) is 24.8 Å². The topological polar surface area (TPSA) is 71.8 Å². The van der Waals surface area contributed by atoms with E-state index >= 15 is 0 Å². The highest BCUT2D eigenvalue weighted by Crippen LogP contribution is 2.20. The van der Waals surface area contributed by atoms with Crippen LogP contribution in [-0.4, -0.2) is 39.3 Å². The number of aromatic nitrogens is 3. The summed E-state index contributed by atoms with van der Waals surface area (Å²) in [5.41, 5.74) is 2.23. The first-order valence-corrected chi connectivity index (χ1v) is 8.35. The van der Waals surface area contributed by atoms with Crippen molar-refractivity contribution in [2.45, 2.75) is 58.7 Å². The zero-order valence-electron chi connectivity index (χ0n) is 15.1. The fraction of sp³-hybridized carbons (Fsp3) is 0.588. The number of nitrogens with one attached hydrogen (secondary N) is 2. The highest BCUT2D eigenvalue weighted by Gasteiger charge is 2.22. The highest BCUT2D eigenvalue weighted by atomic mass is 35.5. The van der Waals surface area contributed by atoms with Crippen molar-refractivity contribution >= 4 is 41.8 Å². The van der Waals surface area contributed by atoms with E-state index in [2.05, 4.69) is 41.5 Å². The van der Waals surface area contributed by atoms with Crippen molar-refractivity contribution in [1.29, 1.82) is 0 Å². The van der Waals surface area contributed by atoms with Gasteiger partial charge in [0.05, 0.1) is 17.5 Å². The van der Waals surface area contributed by atoms with Gasteiger partial charge in [-0.25, -0.2) is 9.67 Å². The Morgan fingerprint density at radius 3 is 2.76 bits per heavy atom. The van der Waals surface area contributed by atoms with Crippen molar-refractivity contribution in [1.82, 2.24) is 25.4 Å². The smallest absolute Gasteiger partial charge is 0.253 e. The molecular weight excluding hydrogens is 361 g/mol. The lowest BCUT2D eigenvalue weighted by molar-refractivity contribution is 0.0925. The Balaban J connectivity index is 0.00000156. The molecule has 0 bridgehead atoms. The first-order chi connectivity index (χ1) is 11.0. The second-order valence-corrected chi connectivity index (χ2v) is 6.77. The lowest BCUT2D eigenvalue weighted by atomic mass is 10.00. The molecule has 0 aromatic carbocycles. The molecule has 2 N–H and O–H groups in total. The highest BCUT2D eigenvalue weighted by molar-refractivity contribution is 5.98. The van der Waals surface area contributed by atoms with Gasteiger partial charge in [0.2, 0.25) is 0 Å². The molecule has 2 unspecified atom stereocenters. The van der Waals surface area contributed by atoms with Crippen molar-refractivity contribution in [2.24, 2.45) is 0 Å². The lowest BCUT2D eigenvalue weighted by Gasteiger charge is -2.28. The number of fused-ring (bicyclic) bond motifs is 1. The second-order valence-electron chi connectivity index (χ2n) is 6.77. The number of nitrogens with zero attached hydrogens (tertiary/aromatic N) is 3. The lowest BCUT2D eigenvalue weighted by Crippen LogP contribution is -2.46. The molecule has 1 fully saturated rings. The fourth-order valence-corrected chi connectivity index (χ4v) is 3.20. The van der Waals surface area contributed by atoms with Gasteiger partial charge in [-0.2, -0.15) is 5.10 Å². The number of hydrogen-bond donors (Lipinski definition) is 2. The summed E-state index contributed by atoms with van der Waals surface area (Å²) in [5.74, 6) is -0.0340. The van der Waals surface area contributed by atoms with E-state index in [9.17, 15) is 4.79 Å². The van der Waals surface area contributed by atoms with Crippen molar-refractivity contribution in [2.75, 3.05) is 6.54 Å². The summed E-state index contributed by atoms with van der Waals surface area (Å²) in [6.07, 6.45) is 3.72. The first kappa shape index (κ1) is 21.7. The molecule has 1 amide bonds. The molecule has 3 rings (SSSR count). The Labute approximate surface area is 161 Å². The third kappa shape index (κ3) is 4.63. The largest absolute Gasteiger partial charge is 0.349 e. The summed E-state index contributed by atoms with van der Waals surface area (Å²) in [6, 6.07) is 2.83. The molecule has 2 atom stereocenters. The summed E-state index contributed by atoms with van der Waals surface area (Å²) in [7, 11) is 0. The number of piperidine rings is 1. The van der Waals surface area contributed by atoms with E-state index in [1.54, 1.807) is 6.20 Å². The van der Waals surface area contributed by atoms with E-state index in [-0.39, 0.29) is 42.8 Å². The zero-order chi connectivity index (χ0) is 16.6. The Kier molecular flexibility index (Phi) is 7.65. The van der Waals surface area contributed by atoms with Crippen LogP contribution in [0.4, 0.5) is 0 Å². The van der Waals surface area contributed by atoms with Gasteiger partial charge >= 0.3 is 0 Å². The summed E-state index contributed by atoms with van der Waals surface area (Å²) < 4.78 is 1.89. The van der Waals surface area contributed by atoms with Crippen molar-refractivity contribution in [3.05, 3.63) is 23.5 Å². The average molecular weight is 388 g/mol. The predicted octanol–water partition coefficient (Wildman–Crippen LogP) is 3.03. The monoisotopic (exact) mass is 387 g/mol. The molecule has 1 aliphatic heterocycles. The summed E-state index contributed by atoms with van der Waals surface area (Å²) >= 11 is 0. The van der Waals surface area contributed by atoms with Crippen LogP contribution in [0.15, 0.2) is 12.3 Å². The van der Waals surface area contributed by atoms with Crippen LogP contribution in [-0.2, 0) is 0 Å². The maximum atomic E-state index is 12.6. The molecule has 2 aromatic heterocycles. The van der Waals surface area contributed by atoms with E-state index < -0.39 is 0 Å². The molecule has 0 aliphatic carbocycles. The second kappa shape index (κ2) is 8.83. The van der Waals surface area contributed by atoms with Crippen LogP contribution in [0.1, 0.15) is 55.7 Å². The van der Waals surface area contributed by atoms with Gasteiger partial charge in [0.1, 0.15) is 0 Å². The molecule has 1 saturated heterocycles. The third-order valence-electron chi connectivity index (χ3n) is 4.45. The van der Waals surface area contributed by atoms with Crippen molar-refractivity contribution in [3.63, 3.8) is 0 Å². The molecule has 0 spiro atoms. The molecule has 6 nitrogen and oxygen atoms in total. The van der Waals surface area contributed by atoms with Gasteiger partial charge in [-0.3, -0.25) is 4.79 Å². The SMILES string of the molecule is Cc1nc2c(cnn2C(C)C)cc1C(=O)NC1CCNC(C)C1.Cl.Cl. The number of pyridine rings is 1. The maximum absolute atomic E-state index is 12.6. The molecule has 8 heteroatoms. The number of rotatable bonds is 3. The van der Waals surface area contributed by atoms with Crippen LogP contribution in [0.3, 0.4) is 0 Å². The Hall–Kier alpha value is -1.37. The Bertz CT molecular complexity index is 731. The number of carbonyl (C=O) groups is 1. The quantitative estimate of drug-likeness (QED) is 0.848. The van der Waals surface area contributed by atoms with E-state index in [1.807, 2.05) is 17.7 Å². The van der Waals surface area contributed by atoms with Gasteiger partial charge in [0, 0.05) is 23.5 Å². The van der Waals surface area contributed by atoms with E-state index in [1.165, 1.54) is 0 Å². The molecule has 0 radical (unpaired) electrons. The Morgan fingerprint density at radius 2 is 2.12 bits per heavy atom.